The van der Waals surface area contributed by atoms with Crippen molar-refractivity contribution >= 4 is 5.91 Å². The number of carbonyl (C=O) groups is 1. The number of hydrogen-bond donors (Lipinski definition) is 3. The highest BCUT2D eigenvalue weighted by Gasteiger charge is 2.09. The topological polar surface area (TPSA) is 69.6 Å². The normalized spacial score (nSPS) is 11.4. The number of aliphatic hydroxyl groups is 2. The minimum Gasteiger partial charge on any atom is -0.515 e. The van der Waals surface area contributed by atoms with E-state index in [1.807, 2.05) is 26.0 Å². The predicted octanol–water partition coefficient (Wildman–Crippen LogP) is 1.87. The molecule has 1 aromatic rings. The molecule has 0 saturated heterocycles. The van der Waals surface area contributed by atoms with Gasteiger partial charge in [0, 0.05) is 12.1 Å². The number of hydrogen-bond acceptors (Lipinski definition) is 3. The van der Waals surface area contributed by atoms with Gasteiger partial charge in [-0.3, -0.25) is 4.79 Å². The minimum atomic E-state index is -0.319. The third-order valence-electron chi connectivity index (χ3n) is 2.86. The minimum absolute atomic E-state index is 0.0495. The Hall–Kier alpha value is -1.81. The average molecular weight is 249 g/mol. The van der Waals surface area contributed by atoms with E-state index in [-0.39, 0.29) is 18.1 Å². The molecule has 0 bridgehead atoms. The monoisotopic (exact) mass is 249 g/mol. The van der Waals surface area contributed by atoms with E-state index in [1.54, 1.807) is 0 Å². The number of rotatable bonds is 4. The van der Waals surface area contributed by atoms with Crippen LogP contribution < -0.4 is 5.32 Å². The summed E-state index contributed by atoms with van der Waals surface area (Å²) < 4.78 is 0. The second-order valence-corrected chi connectivity index (χ2v) is 4.37. The number of nitrogens with one attached hydrogen (secondary N) is 1. The van der Waals surface area contributed by atoms with Gasteiger partial charge in [0.2, 0.25) is 5.91 Å². The maximum atomic E-state index is 11.5. The molecule has 0 aliphatic rings. The van der Waals surface area contributed by atoms with Gasteiger partial charge in [-0.1, -0.05) is 17.7 Å². The Balaban J connectivity index is 2.88. The quantitative estimate of drug-likeness (QED) is 0.563. The van der Waals surface area contributed by atoms with Crippen molar-refractivity contribution in [2.45, 2.75) is 33.9 Å². The maximum Gasteiger partial charge on any atom is 0.250 e. The van der Waals surface area contributed by atoms with Gasteiger partial charge in [0.15, 0.2) is 0 Å². The fraction of sp³-hybridized carbons (Fsp3) is 0.357. The molecule has 0 radical (unpaired) electrons. The summed E-state index contributed by atoms with van der Waals surface area (Å²) in [4.78, 5) is 11.5. The van der Waals surface area contributed by atoms with Crippen LogP contribution in [-0.4, -0.2) is 16.1 Å². The van der Waals surface area contributed by atoms with Crippen molar-refractivity contribution in [2.24, 2.45) is 0 Å². The summed E-state index contributed by atoms with van der Waals surface area (Å²) in [6.45, 7) is 5.72. The van der Waals surface area contributed by atoms with E-state index in [4.69, 9.17) is 5.11 Å². The van der Waals surface area contributed by atoms with Crippen LogP contribution in [0.25, 0.3) is 0 Å². The van der Waals surface area contributed by atoms with Crippen LogP contribution in [-0.2, 0) is 17.9 Å². The number of aliphatic hydroxyl groups excluding tert-OH is 2. The lowest BCUT2D eigenvalue weighted by Crippen LogP contribution is -2.24. The highest BCUT2D eigenvalue weighted by atomic mass is 16.3. The summed E-state index contributed by atoms with van der Waals surface area (Å²) in [6, 6.07) is 3.94. The second kappa shape index (κ2) is 6.21. The van der Waals surface area contributed by atoms with Crippen molar-refractivity contribution in [2.75, 3.05) is 0 Å². The van der Waals surface area contributed by atoms with E-state index in [0.717, 1.165) is 28.5 Å². The zero-order chi connectivity index (χ0) is 13.7. The van der Waals surface area contributed by atoms with Crippen molar-refractivity contribution in [1.82, 2.24) is 5.32 Å². The Bertz CT molecular complexity index is 478. The van der Waals surface area contributed by atoms with E-state index in [0.29, 0.717) is 6.54 Å². The molecule has 0 aliphatic heterocycles. The molecule has 1 amide bonds. The van der Waals surface area contributed by atoms with Gasteiger partial charge < -0.3 is 15.5 Å². The third-order valence-corrected chi connectivity index (χ3v) is 2.86. The first-order valence-electron chi connectivity index (χ1n) is 5.78. The highest BCUT2D eigenvalue weighted by Crippen LogP contribution is 2.17. The van der Waals surface area contributed by atoms with E-state index in [1.165, 1.54) is 6.92 Å². The Labute approximate surface area is 107 Å². The zero-order valence-corrected chi connectivity index (χ0v) is 10.9. The highest BCUT2D eigenvalue weighted by molar-refractivity contribution is 5.92. The number of carbonyl (C=O) groups excluding carboxylic acids is 1. The molecule has 0 saturated carbocycles. The van der Waals surface area contributed by atoms with Crippen LogP contribution in [0.2, 0.25) is 0 Å². The maximum absolute atomic E-state index is 11.5. The van der Waals surface area contributed by atoms with Gasteiger partial charge in [0.25, 0.3) is 0 Å². The first kappa shape index (κ1) is 14.3. The molecular formula is C14H19NO3. The summed E-state index contributed by atoms with van der Waals surface area (Å²) in [5.41, 5.74) is 4.09. The summed E-state index contributed by atoms with van der Waals surface area (Å²) in [5, 5.41) is 20.8. The summed E-state index contributed by atoms with van der Waals surface area (Å²) in [6.07, 6.45) is 0.782. The van der Waals surface area contributed by atoms with Gasteiger partial charge in [0.1, 0.15) is 0 Å². The van der Waals surface area contributed by atoms with Gasteiger partial charge in [-0.05, 0) is 37.5 Å². The van der Waals surface area contributed by atoms with Crippen molar-refractivity contribution < 1.29 is 15.0 Å². The SMILES string of the molecule is C/C(=C\O)C(=O)NCc1cc(C)cc(C)c1CO. The number of benzene rings is 1. The molecule has 0 atom stereocenters. The largest absolute Gasteiger partial charge is 0.515 e. The molecule has 4 heteroatoms. The second-order valence-electron chi connectivity index (χ2n) is 4.37. The van der Waals surface area contributed by atoms with Gasteiger partial charge in [0.05, 0.1) is 12.9 Å². The molecule has 0 unspecified atom stereocenters. The third kappa shape index (κ3) is 3.34. The van der Waals surface area contributed by atoms with Crippen LogP contribution in [0.15, 0.2) is 24.0 Å². The first-order chi connectivity index (χ1) is 8.49. The molecule has 1 rings (SSSR count). The summed E-state index contributed by atoms with van der Waals surface area (Å²) in [5.74, 6) is -0.319. The predicted molar refractivity (Wildman–Crippen MR) is 70.1 cm³/mol. The molecule has 4 nitrogen and oxygen atoms in total. The summed E-state index contributed by atoms with van der Waals surface area (Å²) in [7, 11) is 0. The van der Waals surface area contributed by atoms with Crippen molar-refractivity contribution in [3.63, 3.8) is 0 Å². The van der Waals surface area contributed by atoms with Crippen LogP contribution in [0, 0.1) is 13.8 Å². The van der Waals surface area contributed by atoms with Gasteiger partial charge in [-0.2, -0.15) is 0 Å². The molecule has 98 valence electrons. The standard InChI is InChI=1S/C14H19NO3/c1-9-4-10(2)13(8-17)12(5-9)6-15-14(18)11(3)7-16/h4-5,7,16-17H,6,8H2,1-3H3,(H,15,18)/b11-7+. The van der Waals surface area contributed by atoms with Gasteiger partial charge in [-0.15, -0.1) is 0 Å². The van der Waals surface area contributed by atoms with Crippen LogP contribution in [0.3, 0.4) is 0 Å². The first-order valence-corrected chi connectivity index (χ1v) is 5.78. The lowest BCUT2D eigenvalue weighted by Gasteiger charge is -2.13. The van der Waals surface area contributed by atoms with Crippen molar-refractivity contribution in [3.05, 3.63) is 46.2 Å². The molecule has 0 aliphatic carbocycles. The van der Waals surface area contributed by atoms with Crippen LogP contribution in [0.1, 0.15) is 29.2 Å². The lowest BCUT2D eigenvalue weighted by atomic mass is 9.99. The smallest absolute Gasteiger partial charge is 0.250 e. The Morgan fingerprint density at radius 3 is 2.61 bits per heavy atom. The molecule has 0 heterocycles. The van der Waals surface area contributed by atoms with E-state index < -0.39 is 0 Å². The molecule has 0 fully saturated rings. The van der Waals surface area contributed by atoms with E-state index in [2.05, 4.69) is 5.32 Å². The average Bonchev–Trinajstić information content (AvgIpc) is 2.34. The van der Waals surface area contributed by atoms with Gasteiger partial charge in [-0.25, -0.2) is 0 Å². The van der Waals surface area contributed by atoms with Gasteiger partial charge >= 0.3 is 0 Å². The molecule has 1 aromatic carbocycles. The fourth-order valence-electron chi connectivity index (χ4n) is 1.84. The Kier molecular flexibility index (Phi) is 4.92. The Morgan fingerprint density at radius 1 is 1.39 bits per heavy atom. The van der Waals surface area contributed by atoms with Crippen LogP contribution in [0.5, 0.6) is 0 Å². The molecule has 0 spiro atoms. The molecule has 3 N–H and O–H groups in total. The zero-order valence-electron chi connectivity index (χ0n) is 10.9. The van der Waals surface area contributed by atoms with Crippen molar-refractivity contribution in [3.8, 4) is 0 Å². The summed E-state index contributed by atoms with van der Waals surface area (Å²) >= 11 is 0. The fourth-order valence-corrected chi connectivity index (χ4v) is 1.84. The molecule has 18 heavy (non-hydrogen) atoms. The van der Waals surface area contributed by atoms with Crippen LogP contribution in [0.4, 0.5) is 0 Å². The number of amides is 1. The number of aryl methyl sites for hydroxylation is 2. The van der Waals surface area contributed by atoms with E-state index >= 15 is 0 Å². The van der Waals surface area contributed by atoms with Crippen LogP contribution >= 0.6 is 0 Å². The molecular weight excluding hydrogens is 230 g/mol. The van der Waals surface area contributed by atoms with Crippen molar-refractivity contribution in [1.29, 1.82) is 0 Å². The Morgan fingerprint density at radius 2 is 2.06 bits per heavy atom. The molecule has 0 aromatic heterocycles. The lowest BCUT2D eigenvalue weighted by molar-refractivity contribution is -0.117. The van der Waals surface area contributed by atoms with E-state index in [9.17, 15) is 9.90 Å².